The summed E-state index contributed by atoms with van der Waals surface area (Å²) >= 11 is 0. The number of hydrogen-bond acceptors (Lipinski definition) is 2. The van der Waals surface area contributed by atoms with Crippen molar-refractivity contribution >= 4 is 5.57 Å². The van der Waals surface area contributed by atoms with Crippen molar-refractivity contribution in [2.45, 2.75) is 12.8 Å². The molecule has 0 aliphatic heterocycles. The molecule has 1 aromatic carbocycles. The maximum absolute atomic E-state index is 5.53. The summed E-state index contributed by atoms with van der Waals surface area (Å²) < 4.78 is 5.53. The van der Waals surface area contributed by atoms with Gasteiger partial charge >= 0.3 is 0 Å². The van der Waals surface area contributed by atoms with E-state index in [1.165, 1.54) is 6.39 Å². The molecular weight excluding hydrogens is 210 g/mol. The Kier molecular flexibility index (Phi) is 2.62. The fraction of sp³-hybridized carbons (Fsp3) is 0.133. The van der Waals surface area contributed by atoms with Crippen LogP contribution in [0.25, 0.3) is 16.8 Å². The summed E-state index contributed by atoms with van der Waals surface area (Å²) in [7, 11) is 0. The number of oxazole rings is 1. The third kappa shape index (κ3) is 1.94. The maximum Gasteiger partial charge on any atom is 0.182 e. The Balaban J connectivity index is 2.06. The monoisotopic (exact) mass is 223 g/mol. The maximum atomic E-state index is 5.53. The molecule has 0 bridgehead atoms. The first-order valence-corrected chi connectivity index (χ1v) is 5.81. The number of benzene rings is 1. The lowest BCUT2D eigenvalue weighted by atomic mass is 10.0. The average Bonchev–Trinajstić information content (AvgIpc) is 2.90. The van der Waals surface area contributed by atoms with Gasteiger partial charge in [0.2, 0.25) is 0 Å². The molecule has 0 N–H and O–H groups in total. The number of hydrogen-bond donors (Lipinski definition) is 0. The van der Waals surface area contributed by atoms with Gasteiger partial charge in [0.05, 0.1) is 0 Å². The molecule has 1 aromatic heterocycles. The van der Waals surface area contributed by atoms with Crippen LogP contribution in [0.3, 0.4) is 0 Å². The van der Waals surface area contributed by atoms with Gasteiger partial charge in [-0.05, 0) is 12.8 Å². The second kappa shape index (κ2) is 4.42. The molecule has 0 unspecified atom stereocenters. The van der Waals surface area contributed by atoms with E-state index in [0.29, 0.717) is 0 Å². The van der Waals surface area contributed by atoms with Crippen molar-refractivity contribution < 1.29 is 4.42 Å². The fourth-order valence-corrected chi connectivity index (χ4v) is 2.03. The standard InChI is InChI=1S/C15H13NO/c1-3-7-12(8-4-1)14-15(17-11-16-14)13-9-5-2-6-10-13/h1,3-5,7-11H,2,6H2. The summed E-state index contributed by atoms with van der Waals surface area (Å²) in [6, 6.07) is 10.1. The van der Waals surface area contributed by atoms with Crippen LogP contribution in [-0.2, 0) is 0 Å². The molecule has 2 heteroatoms. The third-order valence-corrected chi connectivity index (χ3v) is 2.87. The highest BCUT2D eigenvalue weighted by Gasteiger charge is 2.13. The molecule has 0 saturated heterocycles. The van der Waals surface area contributed by atoms with Crippen LogP contribution in [0.15, 0.2) is 59.4 Å². The second-order valence-corrected chi connectivity index (χ2v) is 4.04. The summed E-state index contributed by atoms with van der Waals surface area (Å²) in [6.45, 7) is 0. The molecule has 2 aromatic rings. The Hall–Kier alpha value is -2.09. The van der Waals surface area contributed by atoms with Crippen molar-refractivity contribution in [3.63, 3.8) is 0 Å². The lowest BCUT2D eigenvalue weighted by Crippen LogP contribution is -1.87. The minimum Gasteiger partial charge on any atom is -0.443 e. The molecule has 2 nitrogen and oxygen atoms in total. The summed E-state index contributed by atoms with van der Waals surface area (Å²) in [5.74, 6) is 0.868. The topological polar surface area (TPSA) is 26.0 Å². The average molecular weight is 223 g/mol. The molecule has 0 radical (unpaired) electrons. The summed E-state index contributed by atoms with van der Waals surface area (Å²) in [5.41, 5.74) is 3.15. The van der Waals surface area contributed by atoms with Crippen molar-refractivity contribution in [1.29, 1.82) is 0 Å². The van der Waals surface area contributed by atoms with Gasteiger partial charge in [-0.1, -0.05) is 48.6 Å². The molecule has 0 atom stereocenters. The van der Waals surface area contributed by atoms with Crippen LogP contribution in [0, 0.1) is 0 Å². The Morgan fingerprint density at radius 1 is 1.06 bits per heavy atom. The zero-order chi connectivity index (χ0) is 11.5. The lowest BCUT2D eigenvalue weighted by molar-refractivity contribution is 0.545. The van der Waals surface area contributed by atoms with Crippen molar-refractivity contribution in [3.8, 4) is 11.3 Å². The van der Waals surface area contributed by atoms with Gasteiger partial charge in [-0.3, -0.25) is 0 Å². The van der Waals surface area contributed by atoms with E-state index < -0.39 is 0 Å². The SMILES string of the molecule is C1=CC(c2ocnc2-c2ccccc2)=CCC1. The molecule has 3 rings (SSSR count). The summed E-state index contributed by atoms with van der Waals surface area (Å²) in [4.78, 5) is 4.32. The largest absolute Gasteiger partial charge is 0.443 e. The molecular formula is C15H13NO. The highest BCUT2D eigenvalue weighted by Crippen LogP contribution is 2.30. The van der Waals surface area contributed by atoms with Crippen LogP contribution in [-0.4, -0.2) is 4.98 Å². The Morgan fingerprint density at radius 3 is 2.71 bits per heavy atom. The van der Waals surface area contributed by atoms with Crippen LogP contribution >= 0.6 is 0 Å². The first-order valence-electron chi connectivity index (χ1n) is 5.81. The van der Waals surface area contributed by atoms with Crippen LogP contribution < -0.4 is 0 Å². The van der Waals surface area contributed by atoms with Gasteiger partial charge in [0.1, 0.15) is 5.69 Å². The minimum absolute atomic E-state index is 0.868. The van der Waals surface area contributed by atoms with Crippen molar-refractivity contribution in [2.75, 3.05) is 0 Å². The molecule has 1 aliphatic rings. The molecule has 0 amide bonds. The van der Waals surface area contributed by atoms with Gasteiger partial charge in [0.15, 0.2) is 12.2 Å². The van der Waals surface area contributed by atoms with E-state index in [1.54, 1.807) is 0 Å². The van der Waals surface area contributed by atoms with Gasteiger partial charge < -0.3 is 4.42 Å². The Labute approximate surface area is 100 Å². The highest BCUT2D eigenvalue weighted by molar-refractivity contribution is 5.80. The van der Waals surface area contributed by atoms with Crippen molar-refractivity contribution in [2.24, 2.45) is 0 Å². The number of allylic oxidation sites excluding steroid dienone is 4. The van der Waals surface area contributed by atoms with Gasteiger partial charge in [-0.2, -0.15) is 0 Å². The third-order valence-electron chi connectivity index (χ3n) is 2.87. The quantitative estimate of drug-likeness (QED) is 0.766. The molecule has 1 heterocycles. The van der Waals surface area contributed by atoms with E-state index >= 15 is 0 Å². The van der Waals surface area contributed by atoms with Crippen LogP contribution in [0.5, 0.6) is 0 Å². The summed E-state index contributed by atoms with van der Waals surface area (Å²) in [6.07, 6.45) is 10.2. The first kappa shape index (κ1) is 10.1. The minimum atomic E-state index is 0.868. The smallest absolute Gasteiger partial charge is 0.182 e. The first-order chi connectivity index (χ1) is 8.45. The van der Waals surface area contributed by atoms with Gasteiger partial charge in [-0.15, -0.1) is 0 Å². The zero-order valence-electron chi connectivity index (χ0n) is 9.47. The number of aromatic nitrogens is 1. The Bertz CT molecular complexity index is 564. The van der Waals surface area contributed by atoms with Crippen LogP contribution in [0.2, 0.25) is 0 Å². The van der Waals surface area contributed by atoms with Crippen molar-refractivity contribution in [1.82, 2.24) is 4.98 Å². The predicted octanol–water partition coefficient (Wildman–Crippen LogP) is 4.08. The Morgan fingerprint density at radius 2 is 1.94 bits per heavy atom. The molecule has 1 aliphatic carbocycles. The molecule has 17 heavy (non-hydrogen) atoms. The predicted molar refractivity (Wildman–Crippen MR) is 68.3 cm³/mol. The van der Waals surface area contributed by atoms with Gasteiger partial charge in [-0.25, -0.2) is 4.98 Å². The van der Waals surface area contributed by atoms with E-state index in [4.69, 9.17) is 4.42 Å². The van der Waals surface area contributed by atoms with Crippen molar-refractivity contribution in [3.05, 3.63) is 60.7 Å². The highest BCUT2D eigenvalue weighted by atomic mass is 16.3. The van der Waals surface area contributed by atoms with Crippen LogP contribution in [0.1, 0.15) is 18.6 Å². The number of nitrogens with zero attached hydrogens (tertiary/aromatic N) is 1. The molecule has 0 saturated carbocycles. The molecule has 0 fully saturated rings. The molecule has 84 valence electrons. The van der Waals surface area contributed by atoms with E-state index in [-0.39, 0.29) is 0 Å². The van der Waals surface area contributed by atoms with Crippen LogP contribution in [0.4, 0.5) is 0 Å². The van der Waals surface area contributed by atoms with E-state index in [0.717, 1.165) is 35.4 Å². The fourth-order valence-electron chi connectivity index (χ4n) is 2.03. The zero-order valence-corrected chi connectivity index (χ0v) is 9.47. The lowest BCUT2D eigenvalue weighted by Gasteiger charge is -2.05. The normalized spacial score (nSPS) is 14.7. The second-order valence-electron chi connectivity index (χ2n) is 4.04. The number of rotatable bonds is 2. The molecule has 0 spiro atoms. The van der Waals surface area contributed by atoms with E-state index in [9.17, 15) is 0 Å². The van der Waals surface area contributed by atoms with Gasteiger partial charge in [0, 0.05) is 11.1 Å². The summed E-state index contributed by atoms with van der Waals surface area (Å²) in [5, 5.41) is 0. The van der Waals surface area contributed by atoms with Gasteiger partial charge in [0.25, 0.3) is 0 Å². The van der Waals surface area contributed by atoms with E-state index in [2.05, 4.69) is 35.3 Å². The van der Waals surface area contributed by atoms with E-state index in [1.807, 2.05) is 18.2 Å².